The first-order valence-electron chi connectivity index (χ1n) is 7.17. The van der Waals surface area contributed by atoms with E-state index < -0.39 is 12.0 Å². The van der Waals surface area contributed by atoms with Crippen molar-refractivity contribution in [1.29, 1.82) is 0 Å². The molecule has 2 rings (SSSR count). The summed E-state index contributed by atoms with van der Waals surface area (Å²) in [6, 6.07) is 9.47. The van der Waals surface area contributed by atoms with Crippen molar-refractivity contribution in [1.82, 2.24) is 4.90 Å². The molecule has 4 nitrogen and oxygen atoms in total. The molecule has 2 atom stereocenters. The molecular formula is C16H21NO3. The van der Waals surface area contributed by atoms with Gasteiger partial charge in [0, 0.05) is 13.0 Å². The number of carbonyl (C=O) groups is 2. The lowest BCUT2D eigenvalue weighted by Gasteiger charge is -2.22. The van der Waals surface area contributed by atoms with E-state index in [1.807, 2.05) is 18.2 Å². The minimum atomic E-state index is -0.882. The van der Waals surface area contributed by atoms with Crippen LogP contribution in [0.4, 0.5) is 0 Å². The average Bonchev–Trinajstić information content (AvgIpc) is 2.95. The fraction of sp³-hybridized carbons (Fsp3) is 0.500. The highest BCUT2D eigenvalue weighted by atomic mass is 16.4. The third-order valence-electron chi connectivity index (χ3n) is 4.02. The highest BCUT2D eigenvalue weighted by Gasteiger charge is 2.33. The largest absolute Gasteiger partial charge is 0.480 e. The van der Waals surface area contributed by atoms with E-state index in [1.165, 1.54) is 10.5 Å². The first kappa shape index (κ1) is 14.6. The Morgan fingerprint density at radius 3 is 2.70 bits per heavy atom. The van der Waals surface area contributed by atoms with Crippen LogP contribution >= 0.6 is 0 Å². The second-order valence-electron chi connectivity index (χ2n) is 5.43. The summed E-state index contributed by atoms with van der Waals surface area (Å²) in [5.74, 6) is -0.601. The van der Waals surface area contributed by atoms with Gasteiger partial charge in [-0.05, 0) is 30.7 Å². The number of carbonyl (C=O) groups excluding carboxylic acids is 1. The Bertz CT molecular complexity index is 472. The molecule has 0 spiro atoms. The highest BCUT2D eigenvalue weighted by Crippen LogP contribution is 2.23. The van der Waals surface area contributed by atoms with E-state index in [4.69, 9.17) is 5.11 Å². The molecule has 1 N–H and O–H groups in total. The van der Waals surface area contributed by atoms with Gasteiger partial charge in [-0.1, -0.05) is 37.3 Å². The van der Waals surface area contributed by atoms with Crippen molar-refractivity contribution >= 4 is 11.9 Å². The maximum atomic E-state index is 12.2. The molecule has 1 amide bonds. The summed E-state index contributed by atoms with van der Waals surface area (Å²) in [5, 5.41) is 9.09. The predicted octanol–water partition coefficient (Wildman–Crippen LogP) is 2.65. The summed E-state index contributed by atoms with van der Waals surface area (Å²) in [5.41, 5.74) is 1.22. The van der Waals surface area contributed by atoms with Gasteiger partial charge in [-0.25, -0.2) is 4.79 Å². The first-order chi connectivity index (χ1) is 9.59. The van der Waals surface area contributed by atoms with Crippen molar-refractivity contribution in [3.8, 4) is 0 Å². The fourth-order valence-electron chi connectivity index (χ4n) is 2.75. The normalized spacial score (nSPS) is 19.9. The van der Waals surface area contributed by atoms with Gasteiger partial charge in [-0.15, -0.1) is 0 Å². The Hall–Kier alpha value is -1.84. The fourth-order valence-corrected chi connectivity index (χ4v) is 2.75. The van der Waals surface area contributed by atoms with Gasteiger partial charge in [0.25, 0.3) is 0 Å². The molecule has 20 heavy (non-hydrogen) atoms. The van der Waals surface area contributed by atoms with Crippen LogP contribution in [0.2, 0.25) is 0 Å². The Kier molecular flexibility index (Phi) is 4.77. The minimum absolute atomic E-state index is 0.0299. The van der Waals surface area contributed by atoms with Crippen LogP contribution in [0.25, 0.3) is 0 Å². The molecular weight excluding hydrogens is 254 g/mol. The van der Waals surface area contributed by atoms with E-state index >= 15 is 0 Å². The zero-order chi connectivity index (χ0) is 14.5. The summed E-state index contributed by atoms with van der Waals surface area (Å²) in [7, 11) is 0. The van der Waals surface area contributed by atoms with Crippen LogP contribution in [0.1, 0.15) is 44.1 Å². The Balaban J connectivity index is 1.87. The van der Waals surface area contributed by atoms with Gasteiger partial charge < -0.3 is 10.0 Å². The van der Waals surface area contributed by atoms with Crippen molar-refractivity contribution in [2.75, 3.05) is 6.54 Å². The van der Waals surface area contributed by atoms with E-state index in [0.29, 0.717) is 25.3 Å². The number of hydrogen-bond donors (Lipinski definition) is 1. The number of carboxylic acid groups (broad SMARTS) is 1. The van der Waals surface area contributed by atoms with Gasteiger partial charge in [0.1, 0.15) is 6.04 Å². The number of aliphatic carboxylic acids is 1. The van der Waals surface area contributed by atoms with Gasteiger partial charge in [-0.3, -0.25) is 4.79 Å². The zero-order valence-electron chi connectivity index (χ0n) is 11.8. The topological polar surface area (TPSA) is 57.6 Å². The Labute approximate surface area is 119 Å². The van der Waals surface area contributed by atoms with E-state index in [-0.39, 0.29) is 5.91 Å². The average molecular weight is 275 g/mol. The molecule has 108 valence electrons. The number of benzene rings is 1. The summed E-state index contributed by atoms with van der Waals surface area (Å²) >= 11 is 0. The molecule has 1 fully saturated rings. The van der Waals surface area contributed by atoms with Crippen LogP contribution in [0.5, 0.6) is 0 Å². The standard InChI is InChI=1S/C16H21NO3/c1-12(13-6-3-2-4-7-13)9-10-15(18)17-11-5-8-14(17)16(19)20/h2-4,6-7,12,14H,5,8-11H2,1H3,(H,19,20)/t12?,14-/m0/s1. The zero-order valence-corrected chi connectivity index (χ0v) is 11.8. The molecule has 1 aromatic carbocycles. The number of rotatable bonds is 5. The van der Waals surface area contributed by atoms with E-state index in [0.717, 1.165) is 12.8 Å². The SMILES string of the molecule is CC(CCC(=O)N1CCC[C@H]1C(=O)O)c1ccccc1. The van der Waals surface area contributed by atoms with Crippen molar-refractivity contribution in [3.05, 3.63) is 35.9 Å². The molecule has 1 aromatic rings. The monoisotopic (exact) mass is 275 g/mol. The molecule has 4 heteroatoms. The predicted molar refractivity (Wildman–Crippen MR) is 76.5 cm³/mol. The molecule has 1 saturated heterocycles. The molecule has 0 radical (unpaired) electrons. The summed E-state index contributed by atoms with van der Waals surface area (Å²) in [6.07, 6.45) is 2.54. The number of likely N-dealkylation sites (tertiary alicyclic amines) is 1. The molecule has 1 unspecified atom stereocenters. The third kappa shape index (κ3) is 3.38. The number of hydrogen-bond acceptors (Lipinski definition) is 2. The Morgan fingerprint density at radius 2 is 2.05 bits per heavy atom. The molecule has 0 saturated carbocycles. The smallest absolute Gasteiger partial charge is 0.326 e. The third-order valence-corrected chi connectivity index (χ3v) is 4.02. The number of carboxylic acids is 1. The van der Waals surface area contributed by atoms with Gasteiger partial charge >= 0.3 is 5.97 Å². The van der Waals surface area contributed by atoms with E-state index in [1.54, 1.807) is 0 Å². The van der Waals surface area contributed by atoms with Crippen molar-refractivity contribution in [2.24, 2.45) is 0 Å². The van der Waals surface area contributed by atoms with Gasteiger partial charge in [0.05, 0.1) is 0 Å². The maximum Gasteiger partial charge on any atom is 0.326 e. The van der Waals surface area contributed by atoms with Crippen LogP contribution in [0.15, 0.2) is 30.3 Å². The Morgan fingerprint density at radius 1 is 1.35 bits per heavy atom. The molecule has 0 aromatic heterocycles. The molecule has 1 aliphatic heterocycles. The van der Waals surface area contributed by atoms with Gasteiger partial charge in [-0.2, -0.15) is 0 Å². The van der Waals surface area contributed by atoms with Gasteiger partial charge in [0.15, 0.2) is 0 Å². The first-order valence-corrected chi connectivity index (χ1v) is 7.17. The highest BCUT2D eigenvalue weighted by molar-refractivity contribution is 5.84. The summed E-state index contributed by atoms with van der Waals surface area (Å²) in [4.78, 5) is 24.8. The van der Waals surface area contributed by atoms with E-state index in [2.05, 4.69) is 19.1 Å². The summed E-state index contributed by atoms with van der Waals surface area (Å²) < 4.78 is 0. The quantitative estimate of drug-likeness (QED) is 0.898. The second kappa shape index (κ2) is 6.55. The van der Waals surface area contributed by atoms with E-state index in [9.17, 15) is 9.59 Å². The van der Waals surface area contributed by atoms with Crippen molar-refractivity contribution in [2.45, 2.75) is 44.6 Å². The lowest BCUT2D eigenvalue weighted by Crippen LogP contribution is -2.40. The van der Waals surface area contributed by atoms with Crippen LogP contribution in [-0.2, 0) is 9.59 Å². The summed E-state index contributed by atoms with van der Waals surface area (Å²) in [6.45, 7) is 2.68. The molecule has 1 aliphatic rings. The second-order valence-corrected chi connectivity index (χ2v) is 5.43. The number of amides is 1. The van der Waals surface area contributed by atoms with Crippen LogP contribution in [-0.4, -0.2) is 34.5 Å². The lowest BCUT2D eigenvalue weighted by atomic mass is 9.96. The van der Waals surface area contributed by atoms with Crippen LogP contribution < -0.4 is 0 Å². The molecule has 0 aliphatic carbocycles. The molecule has 0 bridgehead atoms. The van der Waals surface area contributed by atoms with Crippen LogP contribution in [0, 0.1) is 0 Å². The lowest BCUT2D eigenvalue weighted by molar-refractivity contribution is -0.148. The number of nitrogens with zero attached hydrogens (tertiary/aromatic N) is 1. The molecule has 1 heterocycles. The van der Waals surface area contributed by atoms with Crippen LogP contribution in [0.3, 0.4) is 0 Å². The maximum absolute atomic E-state index is 12.2. The van der Waals surface area contributed by atoms with Gasteiger partial charge in [0.2, 0.25) is 5.91 Å². The van der Waals surface area contributed by atoms with Crippen molar-refractivity contribution < 1.29 is 14.7 Å². The minimum Gasteiger partial charge on any atom is -0.480 e. The van der Waals surface area contributed by atoms with Crippen molar-refractivity contribution in [3.63, 3.8) is 0 Å².